The minimum absolute atomic E-state index is 0. The number of rotatable bonds is 0. The zero-order chi connectivity index (χ0) is 10.7. The molecular formula is C3H18Cl3N9. The van der Waals surface area contributed by atoms with E-state index in [2.05, 4.69) is 50.6 Å². The van der Waals surface area contributed by atoms with Crippen molar-refractivity contribution in [2.45, 2.75) is 0 Å². The summed E-state index contributed by atoms with van der Waals surface area (Å²) in [6.45, 7) is 0. The van der Waals surface area contributed by atoms with Crippen molar-refractivity contribution < 1.29 is 53.4 Å². The summed E-state index contributed by atoms with van der Waals surface area (Å²) in [5, 5.41) is 13.8. The van der Waals surface area contributed by atoms with Gasteiger partial charge in [0.25, 0.3) is 0 Å². The van der Waals surface area contributed by atoms with Gasteiger partial charge in [-0.25, -0.2) is 0 Å². The Morgan fingerprint density at radius 2 is 0.467 bits per heavy atom. The van der Waals surface area contributed by atoms with Crippen molar-refractivity contribution in [1.29, 1.82) is 0 Å². The first kappa shape index (κ1) is 37.3. The second kappa shape index (κ2) is 29.3. The first-order chi connectivity index (χ1) is 5.20. The first-order valence-electron chi connectivity index (χ1n) is 2.60. The average Bonchev–Trinajstić information content (AvgIpc) is 1.54. The van der Waals surface area contributed by atoms with Crippen LogP contribution in [0.25, 0.3) is 0 Å². The molecule has 0 spiro atoms. The molecule has 0 saturated carbocycles. The molecule has 0 rings (SSSR count). The van der Waals surface area contributed by atoms with Gasteiger partial charge in [-0.1, -0.05) is 0 Å². The van der Waals surface area contributed by atoms with Crippen LogP contribution in [-0.2, 0) is 0 Å². The summed E-state index contributed by atoms with van der Waals surface area (Å²) in [5.74, 6) is -0.250. The third kappa shape index (κ3) is 830. The summed E-state index contributed by atoms with van der Waals surface area (Å²) in [5.41, 5.74) is 27.5. The van der Waals surface area contributed by atoms with Crippen molar-refractivity contribution >= 4 is 17.9 Å². The van der Waals surface area contributed by atoms with E-state index < -0.39 is 0 Å². The van der Waals surface area contributed by atoms with E-state index in [0.717, 1.165) is 0 Å². The van der Waals surface area contributed by atoms with E-state index in [4.69, 9.17) is 0 Å². The van der Waals surface area contributed by atoms with Gasteiger partial charge in [-0.2, -0.15) is 0 Å². The highest BCUT2D eigenvalue weighted by molar-refractivity contribution is 5.69. The molecule has 96 valence electrons. The van der Waals surface area contributed by atoms with Gasteiger partial charge in [0.05, 0.1) is 0 Å². The number of halogens is 3. The van der Waals surface area contributed by atoms with E-state index in [1.54, 1.807) is 0 Å². The maximum absolute atomic E-state index is 4.58. The summed E-state index contributed by atoms with van der Waals surface area (Å²) in [4.78, 5) is 0. The molecule has 0 saturated heterocycles. The second-order valence-electron chi connectivity index (χ2n) is 1.50. The third-order valence-electron chi connectivity index (χ3n) is 0. The Balaban J connectivity index is -0.0000000184. The van der Waals surface area contributed by atoms with Crippen molar-refractivity contribution in [3.05, 3.63) is 0 Å². The van der Waals surface area contributed by atoms with Gasteiger partial charge in [-0.05, 0) is 0 Å². The minimum Gasteiger partial charge on any atom is -1.00 e. The molecule has 15 heavy (non-hydrogen) atoms. The van der Waals surface area contributed by atoms with Gasteiger partial charge in [-0.15, -0.1) is 0 Å². The van der Waals surface area contributed by atoms with Crippen molar-refractivity contribution in [1.82, 2.24) is 0 Å². The average molecular weight is 287 g/mol. The lowest BCUT2D eigenvalue weighted by Gasteiger charge is -1.59. The summed E-state index contributed by atoms with van der Waals surface area (Å²) >= 11 is 0. The molecule has 0 aromatic carbocycles. The SMILES string of the molecule is NC(N)=[NH2+].NC(N)=[NH2+].NC(N)=[NH2+].[Cl-].[Cl-].[Cl-]. The largest absolute Gasteiger partial charge is 1.00 e. The van der Waals surface area contributed by atoms with Crippen LogP contribution in [0.2, 0.25) is 0 Å². The van der Waals surface area contributed by atoms with Gasteiger partial charge in [0.1, 0.15) is 0 Å². The van der Waals surface area contributed by atoms with Crippen LogP contribution in [0.15, 0.2) is 0 Å². The van der Waals surface area contributed by atoms with Crippen LogP contribution in [0.4, 0.5) is 0 Å². The Morgan fingerprint density at radius 1 is 0.467 bits per heavy atom. The maximum Gasteiger partial charge on any atom is 0.336 e. The standard InChI is InChI=1S/3CH5N3.3ClH/c3*2-1(3)4;;;/h3*(H5,2,3,4);3*1H. The molecule has 0 aromatic heterocycles. The van der Waals surface area contributed by atoms with E-state index >= 15 is 0 Å². The number of hydrogen-bond acceptors (Lipinski definition) is 0. The van der Waals surface area contributed by atoms with Crippen molar-refractivity contribution in [2.24, 2.45) is 34.4 Å². The fourth-order valence-corrected chi connectivity index (χ4v) is 0. The Morgan fingerprint density at radius 3 is 0.467 bits per heavy atom. The fourth-order valence-electron chi connectivity index (χ4n) is 0. The molecule has 0 aromatic rings. The summed E-state index contributed by atoms with van der Waals surface area (Å²) < 4.78 is 0. The van der Waals surface area contributed by atoms with Crippen LogP contribution >= 0.6 is 0 Å². The molecule has 12 heteroatoms. The summed E-state index contributed by atoms with van der Waals surface area (Å²) in [6.07, 6.45) is 0. The van der Waals surface area contributed by atoms with E-state index in [1.165, 1.54) is 0 Å². The van der Waals surface area contributed by atoms with Crippen LogP contribution in [0.3, 0.4) is 0 Å². The topological polar surface area (TPSA) is 233 Å². The fraction of sp³-hybridized carbons (Fsp3) is 0. The van der Waals surface area contributed by atoms with Crippen LogP contribution in [0.1, 0.15) is 0 Å². The molecule has 9 nitrogen and oxygen atoms in total. The molecule has 0 aliphatic rings. The molecule has 0 fully saturated rings. The Bertz CT molecular complexity index is 118. The van der Waals surface area contributed by atoms with Crippen molar-refractivity contribution in [3.63, 3.8) is 0 Å². The Labute approximate surface area is 106 Å². The Hall–Kier alpha value is -1.32. The van der Waals surface area contributed by atoms with Gasteiger partial charge in [0, 0.05) is 0 Å². The molecular weight excluding hydrogens is 268 g/mol. The lowest BCUT2D eigenvalue weighted by atomic mass is 11.1. The quantitative estimate of drug-likeness (QED) is 0.155. The van der Waals surface area contributed by atoms with E-state index in [9.17, 15) is 0 Å². The van der Waals surface area contributed by atoms with E-state index in [0.29, 0.717) is 0 Å². The van der Waals surface area contributed by atoms with Gasteiger partial charge in [0.2, 0.25) is 0 Å². The zero-order valence-corrected chi connectivity index (χ0v) is 10.1. The summed E-state index contributed by atoms with van der Waals surface area (Å²) in [6, 6.07) is 0. The molecule has 0 bridgehead atoms. The van der Waals surface area contributed by atoms with Crippen LogP contribution in [0, 0.1) is 0 Å². The highest BCUT2D eigenvalue weighted by Crippen LogP contribution is 0.932. The molecule has 0 unspecified atom stereocenters. The molecule has 0 heterocycles. The monoisotopic (exact) mass is 285 g/mol. The van der Waals surface area contributed by atoms with E-state index in [1.807, 2.05) is 0 Å². The van der Waals surface area contributed by atoms with Crippen molar-refractivity contribution in [2.75, 3.05) is 0 Å². The second-order valence-corrected chi connectivity index (χ2v) is 1.50. The van der Waals surface area contributed by atoms with Gasteiger partial charge < -0.3 is 37.2 Å². The summed E-state index contributed by atoms with van der Waals surface area (Å²) in [7, 11) is 0. The van der Waals surface area contributed by atoms with Crippen LogP contribution in [-0.4, -0.2) is 17.9 Å². The smallest absolute Gasteiger partial charge is 0.336 e. The minimum atomic E-state index is -0.0833. The normalized spacial score (nSPS) is 4.80. The van der Waals surface area contributed by atoms with Gasteiger partial charge in [-0.3, -0.25) is 50.6 Å². The first-order valence-corrected chi connectivity index (χ1v) is 2.60. The Kier molecular flexibility index (Phi) is 72.9. The molecule has 0 aliphatic heterocycles. The van der Waals surface area contributed by atoms with E-state index in [-0.39, 0.29) is 55.1 Å². The maximum atomic E-state index is 4.58. The highest BCUT2D eigenvalue weighted by atomic mass is 35.5. The number of nitrogens with two attached hydrogens (primary N) is 9. The van der Waals surface area contributed by atoms with Gasteiger partial charge in [0.15, 0.2) is 0 Å². The third-order valence-corrected chi connectivity index (χ3v) is 0. The number of hydrogen-bond donors (Lipinski definition) is 9. The zero-order valence-electron chi connectivity index (χ0n) is 7.83. The predicted molar refractivity (Wildman–Crippen MR) is 45.9 cm³/mol. The molecule has 18 N–H and O–H groups in total. The van der Waals surface area contributed by atoms with Crippen LogP contribution in [0.5, 0.6) is 0 Å². The van der Waals surface area contributed by atoms with Gasteiger partial charge >= 0.3 is 17.9 Å². The van der Waals surface area contributed by atoms with Crippen LogP contribution < -0.4 is 87.9 Å². The predicted octanol–water partition coefficient (Wildman–Crippen LogP) is -17.9. The molecule has 0 aliphatic carbocycles. The molecule has 0 amide bonds. The lowest BCUT2D eigenvalue weighted by molar-refractivity contribution is -0.117. The highest BCUT2D eigenvalue weighted by Gasteiger charge is 1.64. The molecule has 0 atom stereocenters. The molecule has 0 radical (unpaired) electrons. The van der Waals surface area contributed by atoms with Crippen molar-refractivity contribution in [3.8, 4) is 0 Å². The number of guanidine groups is 3. The lowest BCUT2D eigenvalue weighted by Crippen LogP contribution is -3.00.